The van der Waals surface area contributed by atoms with Crippen molar-refractivity contribution in [1.29, 1.82) is 0 Å². The quantitative estimate of drug-likeness (QED) is 0.545. The highest BCUT2D eigenvalue weighted by Gasteiger charge is 2.37. The zero-order valence-corrected chi connectivity index (χ0v) is 9.10. The summed E-state index contributed by atoms with van der Waals surface area (Å²) < 4.78 is 1.92. The van der Waals surface area contributed by atoms with Gasteiger partial charge in [-0.2, -0.15) is 0 Å². The van der Waals surface area contributed by atoms with Crippen LogP contribution < -0.4 is 0 Å². The molecule has 0 bridgehead atoms. The van der Waals surface area contributed by atoms with E-state index in [1.54, 1.807) is 0 Å². The summed E-state index contributed by atoms with van der Waals surface area (Å²) in [5.41, 5.74) is 0. The van der Waals surface area contributed by atoms with E-state index in [0.29, 0.717) is 0 Å². The minimum absolute atomic E-state index is 0.958. The molecule has 0 saturated carbocycles. The molecule has 0 unspecified atom stereocenters. The van der Waals surface area contributed by atoms with E-state index < -0.39 is 0 Å². The molecule has 0 saturated heterocycles. The fraction of sp³-hybridized carbons (Fsp3) is 0.889. The molecule has 0 aliphatic heterocycles. The van der Waals surface area contributed by atoms with Crippen molar-refractivity contribution < 1.29 is 8.97 Å². The molecule has 0 aromatic rings. The average Bonchev–Trinajstić information content (AvgIpc) is 1.56. The van der Waals surface area contributed by atoms with E-state index in [9.17, 15) is 0 Å². The summed E-state index contributed by atoms with van der Waals surface area (Å²) in [6.45, 7) is 2.22. The van der Waals surface area contributed by atoms with E-state index in [2.05, 4.69) is 49.2 Å². The smallest absolute Gasteiger partial charge is 0.268 e. The highest BCUT2D eigenvalue weighted by Crippen LogP contribution is 2.23. The highest BCUT2D eigenvalue weighted by molar-refractivity contribution is 4.60. The van der Waals surface area contributed by atoms with Crippen molar-refractivity contribution in [3.05, 3.63) is 6.17 Å². The van der Waals surface area contributed by atoms with Crippen molar-refractivity contribution >= 4 is 0 Å². The summed E-state index contributed by atoms with van der Waals surface area (Å²) in [6.07, 6.45) is 2.68. The number of hydrogen-bond acceptors (Lipinski definition) is 0. The van der Waals surface area contributed by atoms with E-state index in [1.807, 2.05) is 0 Å². The molecule has 0 heterocycles. The standard InChI is InChI=1S/C9H23N2/c1-8-9(10(2,3)4)11(5,6)7/h8H2,1-7H3/q+2. The van der Waals surface area contributed by atoms with Gasteiger partial charge in [0.1, 0.15) is 0 Å². The maximum Gasteiger partial charge on any atom is 0.334 e. The molecule has 0 aromatic carbocycles. The predicted octanol–water partition coefficient (Wildman–Crippen LogP) is 1.30. The maximum atomic E-state index is 2.22. The van der Waals surface area contributed by atoms with Gasteiger partial charge in [0.2, 0.25) is 0 Å². The van der Waals surface area contributed by atoms with E-state index >= 15 is 0 Å². The van der Waals surface area contributed by atoms with E-state index in [4.69, 9.17) is 0 Å². The average molecular weight is 159 g/mol. The summed E-state index contributed by atoms with van der Waals surface area (Å²) >= 11 is 0. The second kappa shape index (κ2) is 3.11. The molecule has 0 atom stereocenters. The Kier molecular flexibility index (Phi) is 3.09. The number of nitrogens with zero attached hydrogens (tertiary/aromatic N) is 2. The van der Waals surface area contributed by atoms with Crippen molar-refractivity contribution in [2.75, 3.05) is 42.3 Å². The van der Waals surface area contributed by atoms with Gasteiger partial charge >= 0.3 is 6.17 Å². The van der Waals surface area contributed by atoms with Crippen molar-refractivity contribution in [2.24, 2.45) is 0 Å². The van der Waals surface area contributed by atoms with Crippen LogP contribution >= 0.6 is 0 Å². The molecule has 1 radical (unpaired) electrons. The predicted molar refractivity (Wildman–Crippen MR) is 49.6 cm³/mol. The number of rotatable bonds is 3. The van der Waals surface area contributed by atoms with Crippen LogP contribution in [-0.4, -0.2) is 51.3 Å². The molecule has 0 fully saturated rings. The second-order valence-electron chi connectivity index (χ2n) is 4.79. The Hall–Kier alpha value is -0.0800. The zero-order chi connectivity index (χ0) is 9.28. The van der Waals surface area contributed by atoms with Crippen LogP contribution in [0.1, 0.15) is 13.3 Å². The van der Waals surface area contributed by atoms with Crippen LogP contribution in [-0.2, 0) is 0 Å². The van der Waals surface area contributed by atoms with Gasteiger partial charge in [0.25, 0.3) is 0 Å². The summed E-state index contributed by atoms with van der Waals surface area (Å²) in [5, 5.41) is 0. The Morgan fingerprint density at radius 1 is 0.818 bits per heavy atom. The molecule has 0 aliphatic rings. The highest BCUT2D eigenvalue weighted by atomic mass is 15.5. The summed E-state index contributed by atoms with van der Waals surface area (Å²) in [6, 6.07) is 0. The first-order valence-electron chi connectivity index (χ1n) is 4.19. The van der Waals surface area contributed by atoms with Crippen molar-refractivity contribution in [3.8, 4) is 0 Å². The van der Waals surface area contributed by atoms with Gasteiger partial charge in [0.15, 0.2) is 0 Å². The van der Waals surface area contributed by atoms with Gasteiger partial charge in [-0.15, -0.1) is 0 Å². The SMILES string of the molecule is CC[C]([N+](C)(C)C)[N+](C)(C)C. The molecule has 0 N–H and O–H groups in total. The molecule has 2 heteroatoms. The molecule has 2 nitrogen and oxygen atoms in total. The lowest BCUT2D eigenvalue weighted by atomic mass is 10.2. The van der Waals surface area contributed by atoms with E-state index in [0.717, 1.165) is 15.4 Å². The van der Waals surface area contributed by atoms with Gasteiger partial charge < -0.3 is 0 Å². The Bertz CT molecular complexity index is 103. The normalized spacial score (nSPS) is 14.2. The van der Waals surface area contributed by atoms with Gasteiger partial charge in [-0.25, -0.2) is 0 Å². The van der Waals surface area contributed by atoms with Crippen molar-refractivity contribution in [2.45, 2.75) is 13.3 Å². The van der Waals surface area contributed by atoms with Gasteiger partial charge in [0.05, 0.1) is 48.7 Å². The Morgan fingerprint density at radius 2 is 1.09 bits per heavy atom. The Labute approximate surface area is 71.6 Å². The van der Waals surface area contributed by atoms with Crippen LogP contribution in [0.15, 0.2) is 0 Å². The van der Waals surface area contributed by atoms with Crippen LogP contribution in [0.25, 0.3) is 0 Å². The third-order valence-electron chi connectivity index (χ3n) is 1.86. The number of quaternary nitrogens is 2. The third kappa shape index (κ3) is 3.21. The van der Waals surface area contributed by atoms with Crippen LogP contribution in [0, 0.1) is 6.17 Å². The molecular weight excluding hydrogens is 136 g/mol. The molecule has 0 amide bonds. The first-order valence-corrected chi connectivity index (χ1v) is 4.19. The molecule has 0 rings (SSSR count). The van der Waals surface area contributed by atoms with Crippen LogP contribution in [0.4, 0.5) is 0 Å². The zero-order valence-electron chi connectivity index (χ0n) is 9.10. The lowest BCUT2D eigenvalue weighted by Crippen LogP contribution is -2.54. The first kappa shape index (κ1) is 10.9. The topological polar surface area (TPSA) is 0 Å². The fourth-order valence-corrected chi connectivity index (χ4v) is 1.85. The van der Waals surface area contributed by atoms with Crippen molar-refractivity contribution in [3.63, 3.8) is 0 Å². The van der Waals surface area contributed by atoms with E-state index in [1.165, 1.54) is 6.17 Å². The molecule has 0 spiro atoms. The third-order valence-corrected chi connectivity index (χ3v) is 1.86. The minimum atomic E-state index is 0.958. The van der Waals surface area contributed by atoms with Gasteiger partial charge in [-0.3, -0.25) is 8.97 Å². The molecule has 0 aliphatic carbocycles. The maximum absolute atomic E-state index is 2.22. The second-order valence-corrected chi connectivity index (χ2v) is 4.79. The lowest BCUT2D eigenvalue weighted by Gasteiger charge is -2.38. The summed E-state index contributed by atoms with van der Waals surface area (Å²) in [4.78, 5) is 0. The fourth-order valence-electron chi connectivity index (χ4n) is 1.85. The summed E-state index contributed by atoms with van der Waals surface area (Å²) in [7, 11) is 13.3. The van der Waals surface area contributed by atoms with E-state index in [-0.39, 0.29) is 0 Å². The van der Waals surface area contributed by atoms with Crippen LogP contribution in [0.2, 0.25) is 0 Å². The molecule has 67 valence electrons. The van der Waals surface area contributed by atoms with Crippen molar-refractivity contribution in [1.82, 2.24) is 0 Å². The number of hydrogen-bond donors (Lipinski definition) is 0. The monoisotopic (exact) mass is 159 g/mol. The summed E-state index contributed by atoms with van der Waals surface area (Å²) in [5.74, 6) is 0. The van der Waals surface area contributed by atoms with Gasteiger partial charge in [-0.05, 0) is 0 Å². The van der Waals surface area contributed by atoms with Gasteiger partial charge in [-0.1, -0.05) is 6.92 Å². The molecule has 11 heavy (non-hydrogen) atoms. The molecule has 0 aromatic heterocycles. The lowest BCUT2D eigenvalue weighted by molar-refractivity contribution is -1.03. The molecular formula is C9H23N2+2. The Balaban J connectivity index is 4.43. The largest absolute Gasteiger partial charge is 0.334 e. The van der Waals surface area contributed by atoms with Crippen LogP contribution in [0.5, 0.6) is 0 Å². The van der Waals surface area contributed by atoms with Gasteiger partial charge in [0, 0.05) is 0 Å². The first-order chi connectivity index (χ1) is 4.69. The van der Waals surface area contributed by atoms with Crippen LogP contribution in [0.3, 0.4) is 0 Å². The minimum Gasteiger partial charge on any atom is -0.268 e. The Morgan fingerprint density at radius 3 is 1.09 bits per heavy atom.